The van der Waals surface area contributed by atoms with Gasteiger partial charge in [0, 0.05) is 6.42 Å². The van der Waals surface area contributed by atoms with Crippen LogP contribution >= 0.6 is 0 Å². The highest BCUT2D eigenvalue weighted by atomic mass is 16.6. The SMILES string of the molecule is CC(C)(C)OC(=O)N[C@@H](Cc1ccccc1)C(=O)N[C@@H](CCC[NH+]=C(N)N)C(=O)[O-]. The molecule has 0 heterocycles. The monoisotopic (exact) mass is 421 g/mol. The van der Waals surface area contributed by atoms with E-state index < -0.39 is 35.7 Å². The second-order valence-electron chi connectivity index (χ2n) is 7.79. The van der Waals surface area contributed by atoms with Crippen molar-refractivity contribution in [2.24, 2.45) is 11.5 Å². The molecule has 0 aliphatic carbocycles. The van der Waals surface area contributed by atoms with Gasteiger partial charge in [-0.1, -0.05) is 30.3 Å². The number of nitrogens with one attached hydrogen (secondary N) is 3. The lowest BCUT2D eigenvalue weighted by atomic mass is 10.0. The van der Waals surface area contributed by atoms with Crippen LogP contribution in [0, 0.1) is 0 Å². The molecule has 0 fully saturated rings. The molecule has 2 atom stereocenters. The Balaban J connectivity index is 2.86. The van der Waals surface area contributed by atoms with Crippen LogP contribution in [0.1, 0.15) is 39.2 Å². The van der Waals surface area contributed by atoms with E-state index in [4.69, 9.17) is 16.2 Å². The highest BCUT2D eigenvalue weighted by molar-refractivity contribution is 5.89. The second kappa shape index (κ2) is 11.6. The number of carboxylic acids is 1. The van der Waals surface area contributed by atoms with E-state index in [1.54, 1.807) is 45.0 Å². The van der Waals surface area contributed by atoms with E-state index in [1.807, 2.05) is 6.07 Å². The van der Waals surface area contributed by atoms with Gasteiger partial charge in [-0.05, 0) is 39.2 Å². The van der Waals surface area contributed by atoms with Gasteiger partial charge in [-0.15, -0.1) is 0 Å². The van der Waals surface area contributed by atoms with E-state index in [0.717, 1.165) is 5.56 Å². The van der Waals surface area contributed by atoms with E-state index in [-0.39, 0.29) is 18.8 Å². The predicted octanol–water partition coefficient (Wildman–Crippen LogP) is -2.51. The molecule has 0 saturated carbocycles. The van der Waals surface area contributed by atoms with E-state index >= 15 is 0 Å². The largest absolute Gasteiger partial charge is 0.548 e. The summed E-state index contributed by atoms with van der Waals surface area (Å²) in [7, 11) is 0. The lowest BCUT2D eigenvalue weighted by Gasteiger charge is -2.26. The van der Waals surface area contributed by atoms with Crippen molar-refractivity contribution < 1.29 is 29.2 Å². The van der Waals surface area contributed by atoms with Crippen LogP contribution in [0.3, 0.4) is 0 Å². The molecule has 0 spiro atoms. The van der Waals surface area contributed by atoms with Crippen LogP contribution in [0.5, 0.6) is 0 Å². The Morgan fingerprint density at radius 3 is 2.27 bits per heavy atom. The number of benzene rings is 1. The number of hydrogen-bond acceptors (Lipinski definition) is 5. The van der Waals surface area contributed by atoms with Gasteiger partial charge in [-0.2, -0.15) is 0 Å². The fourth-order valence-electron chi connectivity index (χ4n) is 2.57. The maximum Gasteiger partial charge on any atom is 0.408 e. The number of rotatable bonds is 10. The van der Waals surface area contributed by atoms with Crippen LogP contribution in [0.15, 0.2) is 30.3 Å². The molecule has 0 unspecified atom stereocenters. The molecule has 10 nitrogen and oxygen atoms in total. The molecule has 10 heteroatoms. The Bertz CT molecular complexity index is 742. The van der Waals surface area contributed by atoms with Gasteiger partial charge in [0.1, 0.15) is 11.6 Å². The molecular weight excluding hydrogens is 390 g/mol. The molecule has 2 amide bonds. The van der Waals surface area contributed by atoms with Gasteiger partial charge in [0.15, 0.2) is 0 Å². The summed E-state index contributed by atoms with van der Waals surface area (Å²) in [6, 6.07) is 6.75. The Morgan fingerprint density at radius 2 is 1.73 bits per heavy atom. The first-order valence-corrected chi connectivity index (χ1v) is 9.64. The minimum absolute atomic E-state index is 0.0218. The Kier molecular flexibility index (Phi) is 9.60. The van der Waals surface area contributed by atoms with Gasteiger partial charge in [0.2, 0.25) is 5.91 Å². The summed E-state index contributed by atoms with van der Waals surface area (Å²) >= 11 is 0. The third kappa shape index (κ3) is 10.3. The van der Waals surface area contributed by atoms with Gasteiger partial charge < -0.3 is 25.3 Å². The fraction of sp³-hybridized carbons (Fsp3) is 0.500. The number of hydrogen-bond donors (Lipinski definition) is 5. The molecule has 1 rings (SSSR count). The second-order valence-corrected chi connectivity index (χ2v) is 7.79. The van der Waals surface area contributed by atoms with Crippen LogP contribution in [0.4, 0.5) is 4.79 Å². The number of carbonyl (C=O) groups excluding carboxylic acids is 3. The fourth-order valence-corrected chi connectivity index (χ4v) is 2.57. The quantitative estimate of drug-likeness (QED) is 0.158. The lowest BCUT2D eigenvalue weighted by molar-refractivity contribution is -0.459. The topological polar surface area (TPSA) is 174 Å². The third-order valence-corrected chi connectivity index (χ3v) is 3.89. The van der Waals surface area contributed by atoms with Gasteiger partial charge in [0.25, 0.3) is 0 Å². The van der Waals surface area contributed by atoms with Crippen LogP contribution in [-0.2, 0) is 20.7 Å². The van der Waals surface area contributed by atoms with Crippen molar-refractivity contribution in [3.8, 4) is 0 Å². The molecule has 0 aliphatic rings. The number of carbonyl (C=O) groups is 3. The van der Waals surface area contributed by atoms with Crippen molar-refractivity contribution in [3.05, 3.63) is 35.9 Å². The van der Waals surface area contributed by atoms with Crippen molar-refractivity contribution >= 4 is 23.9 Å². The molecule has 0 bridgehead atoms. The van der Waals surface area contributed by atoms with Gasteiger partial charge in [-0.3, -0.25) is 21.3 Å². The van der Waals surface area contributed by atoms with Gasteiger partial charge >= 0.3 is 12.1 Å². The standard InChI is InChI=1S/C20H31N5O5/c1-20(2,3)30-19(29)25-15(12-13-8-5-4-6-9-13)16(26)24-14(17(27)28)10-7-11-23-18(21)22/h4-6,8-9,14-15H,7,10-12H2,1-3H3,(H,24,26)(H,25,29)(H,27,28)(H4,21,22,23)/t14-,15-/m0/s1. The molecule has 7 N–H and O–H groups in total. The predicted molar refractivity (Wildman–Crippen MR) is 109 cm³/mol. The smallest absolute Gasteiger partial charge is 0.408 e. The van der Waals surface area contributed by atoms with Crippen LogP contribution < -0.4 is 32.2 Å². The summed E-state index contributed by atoms with van der Waals surface area (Å²) in [4.78, 5) is 39.1. The van der Waals surface area contributed by atoms with Crippen molar-refractivity contribution in [1.82, 2.24) is 10.6 Å². The maximum atomic E-state index is 12.8. The first-order valence-electron chi connectivity index (χ1n) is 9.64. The molecule has 0 aliphatic heterocycles. The minimum atomic E-state index is -1.43. The van der Waals surface area contributed by atoms with E-state index in [9.17, 15) is 19.5 Å². The molecule has 1 aromatic carbocycles. The number of amides is 2. The first-order chi connectivity index (χ1) is 14.0. The average Bonchev–Trinajstić information content (AvgIpc) is 2.62. The minimum Gasteiger partial charge on any atom is -0.548 e. The van der Waals surface area contributed by atoms with E-state index in [2.05, 4.69) is 15.6 Å². The summed E-state index contributed by atoms with van der Waals surface area (Å²) in [5.41, 5.74) is 10.6. The molecule has 166 valence electrons. The van der Waals surface area contributed by atoms with E-state index in [1.165, 1.54) is 0 Å². The third-order valence-electron chi connectivity index (χ3n) is 3.89. The number of aliphatic carboxylic acids is 1. The number of ether oxygens (including phenoxy) is 1. The molecular formula is C20H31N5O5. The molecule has 0 radical (unpaired) electrons. The normalized spacial score (nSPS) is 12.9. The van der Waals surface area contributed by atoms with Crippen LogP contribution in [-0.4, -0.2) is 48.2 Å². The Hall–Kier alpha value is -3.30. The zero-order valence-electron chi connectivity index (χ0n) is 17.6. The van der Waals surface area contributed by atoms with Crippen molar-refractivity contribution in [2.75, 3.05) is 6.54 Å². The van der Waals surface area contributed by atoms with Crippen molar-refractivity contribution in [1.29, 1.82) is 0 Å². The zero-order chi connectivity index (χ0) is 22.7. The Morgan fingerprint density at radius 1 is 1.10 bits per heavy atom. The lowest BCUT2D eigenvalue weighted by Crippen LogP contribution is -2.78. The van der Waals surface area contributed by atoms with E-state index in [0.29, 0.717) is 13.0 Å². The van der Waals surface area contributed by atoms with Crippen LogP contribution in [0.25, 0.3) is 0 Å². The molecule has 1 aromatic rings. The zero-order valence-corrected chi connectivity index (χ0v) is 17.6. The van der Waals surface area contributed by atoms with Crippen molar-refractivity contribution in [2.45, 2.75) is 57.7 Å². The van der Waals surface area contributed by atoms with Gasteiger partial charge in [0.05, 0.1) is 18.6 Å². The van der Waals surface area contributed by atoms with Gasteiger partial charge in [-0.25, -0.2) is 4.79 Å². The number of guanidine groups is 1. The molecule has 0 aromatic heterocycles. The Labute approximate surface area is 176 Å². The summed E-state index contributed by atoms with van der Waals surface area (Å²) in [6.45, 7) is 5.44. The van der Waals surface area contributed by atoms with Crippen LogP contribution in [0.2, 0.25) is 0 Å². The summed E-state index contributed by atoms with van der Waals surface area (Å²) < 4.78 is 5.22. The first kappa shape index (κ1) is 24.7. The number of alkyl carbamates (subject to hydrolysis) is 1. The number of carboxylic acid groups (broad SMARTS) is 1. The summed E-state index contributed by atoms with van der Waals surface area (Å²) in [5.74, 6) is -2.06. The number of nitrogens with two attached hydrogens (primary N) is 2. The van der Waals surface area contributed by atoms with Crippen molar-refractivity contribution in [3.63, 3.8) is 0 Å². The summed E-state index contributed by atoms with van der Waals surface area (Å²) in [6.07, 6.45) is -0.147. The maximum absolute atomic E-state index is 12.8. The highest BCUT2D eigenvalue weighted by Crippen LogP contribution is 2.09. The molecule has 30 heavy (non-hydrogen) atoms. The summed E-state index contributed by atoms with van der Waals surface area (Å²) in [5, 5.41) is 16.4. The highest BCUT2D eigenvalue weighted by Gasteiger charge is 2.26. The average molecular weight is 421 g/mol. The molecule has 0 saturated heterocycles.